The molecule has 6 nitrogen and oxygen atoms in total. The first kappa shape index (κ1) is 18.6. The molecule has 0 spiro atoms. The van der Waals surface area contributed by atoms with Crippen molar-refractivity contribution in [2.45, 2.75) is 33.6 Å². The number of carbonyl (C=O) groups is 1. The first-order valence-electron chi connectivity index (χ1n) is 8.87. The van der Waals surface area contributed by atoms with E-state index >= 15 is 0 Å². The highest BCUT2D eigenvalue weighted by Gasteiger charge is 2.16. The van der Waals surface area contributed by atoms with Gasteiger partial charge in [0, 0.05) is 11.6 Å². The molecule has 3 aromatic rings. The minimum atomic E-state index is -0.230. The van der Waals surface area contributed by atoms with Crippen LogP contribution in [0.15, 0.2) is 47.0 Å². The summed E-state index contributed by atoms with van der Waals surface area (Å²) >= 11 is 0. The monoisotopic (exact) mass is 365 g/mol. The minimum absolute atomic E-state index is 0.116. The third kappa shape index (κ3) is 4.53. The number of rotatable bonds is 6. The lowest BCUT2D eigenvalue weighted by Gasteiger charge is -2.11. The summed E-state index contributed by atoms with van der Waals surface area (Å²) in [5.41, 5.74) is 3.53. The summed E-state index contributed by atoms with van der Waals surface area (Å²) in [7, 11) is 0. The summed E-state index contributed by atoms with van der Waals surface area (Å²) < 4.78 is 11.1. The number of benzene rings is 2. The van der Waals surface area contributed by atoms with Crippen molar-refractivity contribution in [1.82, 2.24) is 10.1 Å². The fraction of sp³-hybridized carbons (Fsp3) is 0.286. The number of hydrogen-bond donors (Lipinski definition) is 1. The molecule has 27 heavy (non-hydrogen) atoms. The Kier molecular flexibility index (Phi) is 5.54. The molecule has 0 aliphatic carbocycles. The lowest BCUT2D eigenvalue weighted by molar-refractivity contribution is -0.118. The van der Waals surface area contributed by atoms with Gasteiger partial charge in [0.15, 0.2) is 12.4 Å². The van der Waals surface area contributed by atoms with Crippen LogP contribution in [0.4, 0.5) is 5.69 Å². The Morgan fingerprint density at radius 3 is 2.70 bits per heavy atom. The van der Waals surface area contributed by atoms with Crippen LogP contribution >= 0.6 is 0 Å². The van der Waals surface area contributed by atoms with Crippen molar-refractivity contribution in [1.29, 1.82) is 0 Å². The molecule has 6 heteroatoms. The van der Waals surface area contributed by atoms with Crippen LogP contribution in [0.1, 0.15) is 36.7 Å². The normalized spacial score (nSPS) is 10.9. The zero-order chi connectivity index (χ0) is 19.4. The summed E-state index contributed by atoms with van der Waals surface area (Å²) in [6.45, 7) is 7.81. The number of carbonyl (C=O) groups excluding carboxylic acids is 1. The highest BCUT2D eigenvalue weighted by atomic mass is 16.5. The number of para-hydroxylation sites is 1. The number of nitrogens with one attached hydrogen (secondary N) is 1. The Bertz CT molecular complexity index is 947. The van der Waals surface area contributed by atoms with Gasteiger partial charge in [-0.15, -0.1) is 0 Å². The summed E-state index contributed by atoms with van der Waals surface area (Å²) in [5, 5.41) is 6.87. The fourth-order valence-corrected chi connectivity index (χ4v) is 2.55. The van der Waals surface area contributed by atoms with Gasteiger partial charge in [-0.25, -0.2) is 0 Å². The molecule has 1 aromatic heterocycles. The Hall–Kier alpha value is -3.15. The van der Waals surface area contributed by atoms with Gasteiger partial charge in [0.25, 0.3) is 11.8 Å². The van der Waals surface area contributed by atoms with Gasteiger partial charge in [0.1, 0.15) is 5.75 Å². The standard InChI is InChI=1S/C21H23N3O3/c1-13(2)20-23-21(27-24-20)16-7-5-6-8-18(16)26-12-19(25)22-17-11-14(3)9-10-15(17)4/h5-11,13H,12H2,1-4H3,(H,22,25). The van der Waals surface area contributed by atoms with Crippen LogP contribution in [0.2, 0.25) is 0 Å². The highest BCUT2D eigenvalue weighted by Crippen LogP contribution is 2.29. The molecule has 0 aliphatic rings. The zero-order valence-electron chi connectivity index (χ0n) is 15.9. The molecule has 0 fully saturated rings. The molecule has 1 amide bonds. The van der Waals surface area contributed by atoms with Gasteiger partial charge in [0.05, 0.1) is 5.56 Å². The first-order chi connectivity index (χ1) is 12.9. The molecule has 2 aromatic carbocycles. The van der Waals surface area contributed by atoms with E-state index in [1.54, 1.807) is 6.07 Å². The SMILES string of the molecule is Cc1ccc(C)c(NC(=O)COc2ccccc2-c2nc(C(C)C)no2)c1. The molecule has 1 N–H and O–H groups in total. The Balaban J connectivity index is 1.71. The van der Waals surface area contributed by atoms with Crippen molar-refractivity contribution in [2.24, 2.45) is 0 Å². The minimum Gasteiger partial charge on any atom is -0.483 e. The van der Waals surface area contributed by atoms with Gasteiger partial charge >= 0.3 is 0 Å². The van der Waals surface area contributed by atoms with Crippen molar-refractivity contribution in [3.63, 3.8) is 0 Å². The van der Waals surface area contributed by atoms with E-state index in [1.807, 2.05) is 64.1 Å². The van der Waals surface area contributed by atoms with E-state index in [1.165, 1.54) is 0 Å². The van der Waals surface area contributed by atoms with Gasteiger partial charge < -0.3 is 14.6 Å². The molecule has 0 radical (unpaired) electrons. The lowest BCUT2D eigenvalue weighted by atomic mass is 10.1. The zero-order valence-corrected chi connectivity index (χ0v) is 15.9. The van der Waals surface area contributed by atoms with Crippen LogP contribution in [-0.2, 0) is 4.79 Å². The first-order valence-corrected chi connectivity index (χ1v) is 8.87. The molecule has 3 rings (SSSR count). The van der Waals surface area contributed by atoms with Crippen LogP contribution in [0.5, 0.6) is 5.75 Å². The molecule has 0 saturated heterocycles. The number of nitrogens with zero attached hydrogens (tertiary/aromatic N) is 2. The summed E-state index contributed by atoms with van der Waals surface area (Å²) in [4.78, 5) is 16.7. The topological polar surface area (TPSA) is 77.2 Å². The van der Waals surface area contributed by atoms with Crippen LogP contribution in [0.25, 0.3) is 11.5 Å². The average molecular weight is 365 g/mol. The van der Waals surface area contributed by atoms with Crippen LogP contribution in [0.3, 0.4) is 0 Å². The van der Waals surface area contributed by atoms with E-state index in [9.17, 15) is 4.79 Å². The van der Waals surface area contributed by atoms with Crippen molar-refractivity contribution in [2.75, 3.05) is 11.9 Å². The van der Waals surface area contributed by atoms with E-state index in [-0.39, 0.29) is 18.4 Å². The molecular formula is C21H23N3O3. The van der Waals surface area contributed by atoms with Gasteiger partial charge in [-0.2, -0.15) is 4.98 Å². The molecule has 0 aliphatic heterocycles. The van der Waals surface area contributed by atoms with E-state index in [0.29, 0.717) is 23.0 Å². The molecule has 0 atom stereocenters. The second-order valence-electron chi connectivity index (χ2n) is 6.76. The molecule has 0 bridgehead atoms. The molecule has 0 unspecified atom stereocenters. The average Bonchev–Trinajstić information content (AvgIpc) is 3.13. The van der Waals surface area contributed by atoms with E-state index < -0.39 is 0 Å². The van der Waals surface area contributed by atoms with E-state index in [4.69, 9.17) is 9.26 Å². The maximum absolute atomic E-state index is 12.3. The third-order valence-corrected chi connectivity index (χ3v) is 4.10. The third-order valence-electron chi connectivity index (χ3n) is 4.10. The Labute approximate surface area is 158 Å². The summed E-state index contributed by atoms with van der Waals surface area (Å²) in [6, 6.07) is 13.2. The van der Waals surface area contributed by atoms with Gasteiger partial charge in [-0.1, -0.05) is 43.3 Å². The Morgan fingerprint density at radius 2 is 1.96 bits per heavy atom. The van der Waals surface area contributed by atoms with Crippen LogP contribution < -0.4 is 10.1 Å². The second-order valence-corrected chi connectivity index (χ2v) is 6.76. The number of hydrogen-bond acceptors (Lipinski definition) is 5. The van der Waals surface area contributed by atoms with Gasteiger partial charge in [-0.3, -0.25) is 4.79 Å². The molecule has 140 valence electrons. The van der Waals surface area contributed by atoms with Gasteiger partial charge in [-0.05, 0) is 43.2 Å². The quantitative estimate of drug-likeness (QED) is 0.696. The smallest absolute Gasteiger partial charge is 0.262 e. The maximum atomic E-state index is 12.3. The number of aryl methyl sites for hydroxylation is 2. The van der Waals surface area contributed by atoms with Crippen molar-refractivity contribution in [3.8, 4) is 17.2 Å². The number of aromatic nitrogens is 2. The van der Waals surface area contributed by atoms with Crippen LogP contribution in [-0.4, -0.2) is 22.7 Å². The predicted octanol–water partition coefficient (Wildman–Crippen LogP) is 4.49. The summed E-state index contributed by atoms with van der Waals surface area (Å²) in [6.07, 6.45) is 0. The molecule has 0 saturated carbocycles. The van der Waals surface area contributed by atoms with E-state index in [2.05, 4.69) is 15.5 Å². The Morgan fingerprint density at radius 1 is 1.19 bits per heavy atom. The second kappa shape index (κ2) is 8.03. The summed E-state index contributed by atoms with van der Waals surface area (Å²) in [5.74, 6) is 1.47. The van der Waals surface area contributed by atoms with E-state index in [0.717, 1.165) is 16.8 Å². The number of ether oxygens (including phenoxy) is 1. The lowest BCUT2D eigenvalue weighted by Crippen LogP contribution is -2.20. The van der Waals surface area contributed by atoms with Crippen molar-refractivity contribution < 1.29 is 14.1 Å². The highest BCUT2D eigenvalue weighted by molar-refractivity contribution is 5.92. The van der Waals surface area contributed by atoms with Gasteiger partial charge in [0.2, 0.25) is 0 Å². The number of amides is 1. The fourth-order valence-electron chi connectivity index (χ4n) is 2.55. The predicted molar refractivity (Wildman–Crippen MR) is 104 cm³/mol. The maximum Gasteiger partial charge on any atom is 0.262 e. The van der Waals surface area contributed by atoms with Crippen molar-refractivity contribution in [3.05, 3.63) is 59.4 Å². The van der Waals surface area contributed by atoms with Crippen molar-refractivity contribution >= 4 is 11.6 Å². The largest absolute Gasteiger partial charge is 0.483 e. The molecular weight excluding hydrogens is 342 g/mol. The number of anilines is 1. The molecule has 1 heterocycles. The van der Waals surface area contributed by atoms with Crippen LogP contribution in [0, 0.1) is 13.8 Å².